The maximum Gasteiger partial charge on any atom is 0.338 e. The van der Waals surface area contributed by atoms with Gasteiger partial charge in [-0.1, -0.05) is 6.07 Å². The summed E-state index contributed by atoms with van der Waals surface area (Å²) in [4.78, 5) is 38.5. The Morgan fingerprint density at radius 3 is 2.40 bits per heavy atom. The number of hydrogen-bond donors (Lipinski definition) is 2. The molecule has 252 valence electrons. The number of nitrogens with one attached hydrogen (secondary N) is 1. The fourth-order valence-corrected chi connectivity index (χ4v) is 7.23. The molecule has 0 aliphatic carbocycles. The average Bonchev–Trinajstić information content (AvgIpc) is 3.69. The largest absolute Gasteiger partial charge is 0.478 e. The van der Waals surface area contributed by atoms with Gasteiger partial charge in [0.2, 0.25) is 11.9 Å². The first-order valence-corrected chi connectivity index (χ1v) is 16.7. The molecular weight excluding hydrogens is 615 g/mol. The van der Waals surface area contributed by atoms with E-state index in [1.807, 2.05) is 24.2 Å². The molecule has 14 heteroatoms. The summed E-state index contributed by atoms with van der Waals surface area (Å²) in [5.74, 6) is 0.412. The molecule has 0 bridgehead atoms. The summed E-state index contributed by atoms with van der Waals surface area (Å²) in [6.07, 6.45) is 11.1. The first kappa shape index (κ1) is 31.7. The number of fused-ring (bicyclic) bond motifs is 1. The third-order valence-corrected chi connectivity index (χ3v) is 9.99. The van der Waals surface area contributed by atoms with Crippen molar-refractivity contribution in [3.05, 3.63) is 65.6 Å². The molecule has 0 atom stereocenters. The van der Waals surface area contributed by atoms with Crippen LogP contribution in [-0.4, -0.2) is 95.6 Å². The number of carbonyl (C=O) groups is 2. The Morgan fingerprint density at radius 1 is 1.00 bits per heavy atom. The summed E-state index contributed by atoms with van der Waals surface area (Å²) >= 11 is 0. The number of amides is 1. The van der Waals surface area contributed by atoms with Gasteiger partial charge < -0.3 is 25.1 Å². The van der Waals surface area contributed by atoms with E-state index in [4.69, 9.17) is 10.2 Å². The number of rotatable bonds is 8. The Balaban J connectivity index is 0.994. The molecule has 3 aromatic heterocycles. The minimum atomic E-state index is -1.02. The van der Waals surface area contributed by atoms with Crippen molar-refractivity contribution in [1.29, 1.82) is 0 Å². The van der Waals surface area contributed by atoms with Crippen LogP contribution in [0.4, 0.5) is 21.8 Å². The lowest BCUT2D eigenvalue weighted by Gasteiger charge is -2.38. The van der Waals surface area contributed by atoms with Crippen molar-refractivity contribution in [3.8, 4) is 11.1 Å². The van der Waals surface area contributed by atoms with Gasteiger partial charge in [0.15, 0.2) is 5.82 Å². The van der Waals surface area contributed by atoms with Crippen molar-refractivity contribution >= 4 is 29.3 Å². The van der Waals surface area contributed by atoms with Crippen molar-refractivity contribution in [3.63, 3.8) is 0 Å². The van der Waals surface area contributed by atoms with E-state index in [1.54, 1.807) is 23.9 Å². The van der Waals surface area contributed by atoms with E-state index in [-0.39, 0.29) is 23.3 Å². The number of benzene rings is 1. The Kier molecular flexibility index (Phi) is 8.82. The highest BCUT2D eigenvalue weighted by Gasteiger charge is 2.32. The first-order chi connectivity index (χ1) is 23.2. The van der Waals surface area contributed by atoms with Crippen molar-refractivity contribution in [2.75, 3.05) is 49.5 Å². The van der Waals surface area contributed by atoms with Crippen molar-refractivity contribution in [2.45, 2.75) is 51.6 Å². The smallest absolute Gasteiger partial charge is 0.338 e. The third kappa shape index (κ3) is 6.61. The molecule has 3 aliphatic rings. The van der Waals surface area contributed by atoms with E-state index < -0.39 is 5.97 Å². The quantitative estimate of drug-likeness (QED) is 0.285. The van der Waals surface area contributed by atoms with Crippen LogP contribution in [0.5, 0.6) is 0 Å². The summed E-state index contributed by atoms with van der Waals surface area (Å²) < 4.78 is 19.2. The van der Waals surface area contributed by atoms with Crippen LogP contribution < -0.4 is 10.2 Å². The fourth-order valence-electron chi connectivity index (χ4n) is 7.23. The van der Waals surface area contributed by atoms with Gasteiger partial charge in [0.25, 0.3) is 0 Å². The molecule has 3 aliphatic heterocycles. The molecule has 0 unspecified atom stereocenters. The number of hydrogen-bond acceptors (Lipinski definition) is 9. The number of anilines is 3. The number of aryl methyl sites for hydroxylation is 1. The molecule has 6 heterocycles. The van der Waals surface area contributed by atoms with Crippen LogP contribution >= 0.6 is 0 Å². The van der Waals surface area contributed by atoms with Crippen LogP contribution in [-0.2, 0) is 24.8 Å². The number of carboxylic acids is 1. The van der Waals surface area contributed by atoms with Crippen LogP contribution in [0.1, 0.15) is 60.3 Å². The summed E-state index contributed by atoms with van der Waals surface area (Å²) in [6, 6.07) is 5.36. The molecule has 2 N–H and O–H groups in total. The molecule has 2 fully saturated rings. The lowest BCUT2D eigenvalue weighted by Crippen LogP contribution is -2.42. The second-order valence-electron chi connectivity index (χ2n) is 13.2. The molecule has 13 nitrogen and oxygen atoms in total. The van der Waals surface area contributed by atoms with Crippen LogP contribution in [0.15, 0.2) is 43.0 Å². The Bertz CT molecular complexity index is 1790. The summed E-state index contributed by atoms with van der Waals surface area (Å²) in [6.45, 7) is 7.40. The average molecular weight is 657 g/mol. The van der Waals surface area contributed by atoms with Crippen LogP contribution in [0, 0.1) is 11.7 Å². The van der Waals surface area contributed by atoms with Gasteiger partial charge >= 0.3 is 5.97 Å². The minimum absolute atomic E-state index is 0.0223. The molecular formula is C34H41FN10O3. The number of likely N-dealkylation sites (tertiary alicyclic amines) is 1. The second-order valence-corrected chi connectivity index (χ2v) is 13.2. The predicted molar refractivity (Wildman–Crippen MR) is 178 cm³/mol. The number of aromatic nitrogens is 6. The van der Waals surface area contributed by atoms with E-state index in [9.17, 15) is 9.59 Å². The zero-order valence-electron chi connectivity index (χ0n) is 27.3. The summed E-state index contributed by atoms with van der Waals surface area (Å²) in [5.41, 5.74) is 4.13. The van der Waals surface area contributed by atoms with Gasteiger partial charge in [0.05, 0.1) is 30.0 Å². The summed E-state index contributed by atoms with van der Waals surface area (Å²) in [5, 5.41) is 21.6. The monoisotopic (exact) mass is 656 g/mol. The first-order valence-electron chi connectivity index (χ1n) is 16.7. The van der Waals surface area contributed by atoms with Crippen LogP contribution in [0.2, 0.25) is 0 Å². The molecule has 0 spiro atoms. The minimum Gasteiger partial charge on any atom is -0.478 e. The number of carbonyl (C=O) groups excluding carboxylic acids is 1. The highest BCUT2D eigenvalue weighted by Crippen LogP contribution is 2.35. The maximum absolute atomic E-state index is 15.4. The second kappa shape index (κ2) is 13.3. The molecule has 1 amide bonds. The van der Waals surface area contributed by atoms with Crippen molar-refractivity contribution in [1.82, 2.24) is 39.3 Å². The van der Waals surface area contributed by atoms with Gasteiger partial charge in [-0.2, -0.15) is 10.2 Å². The van der Waals surface area contributed by atoms with E-state index in [0.29, 0.717) is 42.9 Å². The fraction of sp³-hybridized carbons (Fsp3) is 0.471. The lowest BCUT2D eigenvalue weighted by atomic mass is 9.94. The zero-order valence-corrected chi connectivity index (χ0v) is 27.3. The van der Waals surface area contributed by atoms with E-state index in [1.165, 1.54) is 18.5 Å². The number of aromatic carboxylic acids is 1. The topological polar surface area (TPSA) is 138 Å². The number of piperidine rings is 2. The van der Waals surface area contributed by atoms with Gasteiger partial charge in [0, 0.05) is 95.1 Å². The molecule has 7 rings (SSSR count). The van der Waals surface area contributed by atoms with Gasteiger partial charge in [0.1, 0.15) is 5.82 Å². The van der Waals surface area contributed by atoms with E-state index in [0.717, 1.165) is 80.8 Å². The number of nitrogens with zero attached hydrogens (tertiary/aromatic N) is 9. The lowest BCUT2D eigenvalue weighted by molar-refractivity contribution is -0.129. The van der Waals surface area contributed by atoms with Gasteiger partial charge in [-0.25, -0.2) is 19.2 Å². The molecule has 4 aromatic rings. The molecule has 2 saturated heterocycles. The number of halogens is 1. The SMILES string of the molecule is CC(=O)N1CCc2c(c(Nc3ccc(-c4cnn(C)c4)cc3F)nn2C2CCN(CC3CCN(c4ncc(C(=O)O)cn4)CC3)CC2)C1. The predicted octanol–water partition coefficient (Wildman–Crippen LogP) is 4.11. The molecule has 0 saturated carbocycles. The summed E-state index contributed by atoms with van der Waals surface area (Å²) in [7, 11) is 1.83. The number of carboxylic acid groups (broad SMARTS) is 1. The molecule has 1 aromatic carbocycles. The standard InChI is InChI=1S/C34H41FN10O3/c1-22(46)44-14-9-31-28(21-44)32(39-30-4-3-24(15-29(30)35)26-18-38-41(2)20-26)40-45(31)27-7-10-42(11-8-27)19-23-5-12-43(13-6-23)34-36-16-25(17-37-34)33(47)48/h3-4,15-18,20,23,27H,5-14,19,21H2,1-2H3,(H,39,40)(H,47,48). The van der Waals surface area contributed by atoms with E-state index >= 15 is 4.39 Å². The Morgan fingerprint density at radius 2 is 1.75 bits per heavy atom. The van der Waals surface area contributed by atoms with Gasteiger partial charge in [-0.05, 0) is 49.3 Å². The zero-order chi connectivity index (χ0) is 33.4. The van der Waals surface area contributed by atoms with Crippen LogP contribution in [0.25, 0.3) is 11.1 Å². The van der Waals surface area contributed by atoms with Crippen LogP contribution in [0.3, 0.4) is 0 Å². The van der Waals surface area contributed by atoms with Gasteiger partial charge in [-0.15, -0.1) is 0 Å². The molecule has 48 heavy (non-hydrogen) atoms. The normalized spacial score (nSPS) is 17.8. The third-order valence-electron chi connectivity index (χ3n) is 9.99. The Hall–Kier alpha value is -4.85. The highest BCUT2D eigenvalue weighted by molar-refractivity contribution is 5.86. The van der Waals surface area contributed by atoms with E-state index in [2.05, 4.69) is 34.9 Å². The highest BCUT2D eigenvalue weighted by atomic mass is 19.1. The molecule has 0 radical (unpaired) electrons. The van der Waals surface area contributed by atoms with Crippen molar-refractivity contribution in [2.24, 2.45) is 13.0 Å². The Labute approximate surface area is 278 Å². The van der Waals surface area contributed by atoms with Gasteiger partial charge in [-0.3, -0.25) is 14.2 Å². The van der Waals surface area contributed by atoms with Crippen molar-refractivity contribution < 1.29 is 19.1 Å². The maximum atomic E-state index is 15.4.